The lowest BCUT2D eigenvalue weighted by molar-refractivity contribution is -0.141. The molecule has 2 heterocycles. The van der Waals surface area contributed by atoms with Crippen molar-refractivity contribution in [1.82, 2.24) is 9.80 Å². The van der Waals surface area contributed by atoms with E-state index in [-0.39, 0.29) is 18.4 Å². The fraction of sp³-hybridized carbons (Fsp3) is 0.412. The molecule has 22 heavy (non-hydrogen) atoms. The van der Waals surface area contributed by atoms with Gasteiger partial charge in [0.15, 0.2) is 0 Å². The quantitative estimate of drug-likeness (QED) is 0.870. The van der Waals surface area contributed by atoms with Crippen molar-refractivity contribution in [1.29, 1.82) is 0 Å². The summed E-state index contributed by atoms with van der Waals surface area (Å²) in [7, 11) is 1.81. The first-order valence-electron chi connectivity index (χ1n) is 7.62. The zero-order chi connectivity index (χ0) is 15.5. The summed E-state index contributed by atoms with van der Waals surface area (Å²) in [6.07, 6.45) is 2.52. The Morgan fingerprint density at radius 2 is 2.14 bits per heavy atom. The van der Waals surface area contributed by atoms with E-state index < -0.39 is 0 Å². The number of hydrogen-bond acceptors (Lipinski definition) is 3. The zero-order valence-electron chi connectivity index (χ0n) is 12.7. The van der Waals surface area contributed by atoms with Crippen LogP contribution < -0.4 is 0 Å². The van der Waals surface area contributed by atoms with E-state index in [1.54, 1.807) is 21.1 Å². The van der Waals surface area contributed by atoms with Crippen LogP contribution in [-0.4, -0.2) is 41.8 Å². The highest BCUT2D eigenvalue weighted by atomic mass is 32.1. The van der Waals surface area contributed by atoms with Crippen LogP contribution in [0, 0.1) is 0 Å². The van der Waals surface area contributed by atoms with Gasteiger partial charge in [0.1, 0.15) is 0 Å². The van der Waals surface area contributed by atoms with E-state index in [9.17, 15) is 9.59 Å². The summed E-state index contributed by atoms with van der Waals surface area (Å²) in [4.78, 5) is 27.6. The predicted octanol–water partition coefficient (Wildman–Crippen LogP) is 2.87. The summed E-state index contributed by atoms with van der Waals surface area (Å²) in [6, 6.07) is 8.23. The van der Waals surface area contributed by atoms with Gasteiger partial charge in [0, 0.05) is 31.3 Å². The summed E-state index contributed by atoms with van der Waals surface area (Å²) in [5.74, 6) is 0.111. The maximum atomic E-state index is 12.4. The SMILES string of the molecule is CN(Cc1csc2ccccc12)C(=O)CN1CCCCC1=O. The second kappa shape index (κ2) is 6.48. The largest absolute Gasteiger partial charge is 0.340 e. The van der Waals surface area contributed by atoms with E-state index in [1.165, 1.54) is 15.6 Å². The van der Waals surface area contributed by atoms with Gasteiger partial charge in [-0.3, -0.25) is 9.59 Å². The number of thiophene rings is 1. The summed E-state index contributed by atoms with van der Waals surface area (Å²) in [5, 5.41) is 3.32. The lowest BCUT2D eigenvalue weighted by Crippen LogP contribution is -2.43. The van der Waals surface area contributed by atoms with Crippen molar-refractivity contribution >= 4 is 33.2 Å². The van der Waals surface area contributed by atoms with E-state index in [2.05, 4.69) is 17.5 Å². The van der Waals surface area contributed by atoms with E-state index in [4.69, 9.17) is 0 Å². The van der Waals surface area contributed by atoms with Crippen molar-refractivity contribution in [2.24, 2.45) is 0 Å². The molecule has 1 aliphatic rings. The van der Waals surface area contributed by atoms with E-state index in [0.29, 0.717) is 19.5 Å². The molecule has 0 N–H and O–H groups in total. The van der Waals surface area contributed by atoms with Crippen molar-refractivity contribution in [2.75, 3.05) is 20.1 Å². The Balaban J connectivity index is 1.64. The third-order valence-corrected chi connectivity index (χ3v) is 5.15. The summed E-state index contributed by atoms with van der Waals surface area (Å²) in [6.45, 7) is 1.50. The number of benzene rings is 1. The molecule has 0 aliphatic carbocycles. The van der Waals surface area contributed by atoms with Gasteiger partial charge in [-0.15, -0.1) is 11.3 Å². The molecule has 0 spiro atoms. The number of likely N-dealkylation sites (tertiary alicyclic amines) is 1. The van der Waals surface area contributed by atoms with Gasteiger partial charge in [-0.2, -0.15) is 0 Å². The molecule has 116 valence electrons. The minimum atomic E-state index is 0.00512. The molecule has 3 rings (SSSR count). The normalized spacial score (nSPS) is 15.3. The predicted molar refractivity (Wildman–Crippen MR) is 88.7 cm³/mol. The van der Waals surface area contributed by atoms with Crippen LogP contribution >= 0.6 is 11.3 Å². The Kier molecular flexibility index (Phi) is 4.43. The Hall–Kier alpha value is -1.88. The van der Waals surface area contributed by atoms with Crippen LogP contribution in [-0.2, 0) is 16.1 Å². The minimum absolute atomic E-state index is 0.00512. The third-order valence-electron chi connectivity index (χ3n) is 4.14. The molecule has 0 saturated carbocycles. The highest BCUT2D eigenvalue weighted by molar-refractivity contribution is 7.17. The van der Waals surface area contributed by atoms with E-state index >= 15 is 0 Å². The number of carbonyl (C=O) groups excluding carboxylic acids is 2. The van der Waals surface area contributed by atoms with Crippen LogP contribution in [0.2, 0.25) is 0 Å². The molecule has 2 amide bonds. The first-order chi connectivity index (χ1) is 10.6. The molecule has 0 unspecified atom stereocenters. The van der Waals surface area contributed by atoms with Crippen molar-refractivity contribution < 1.29 is 9.59 Å². The number of carbonyl (C=O) groups is 2. The highest BCUT2D eigenvalue weighted by Gasteiger charge is 2.22. The average Bonchev–Trinajstić information content (AvgIpc) is 2.93. The molecular weight excluding hydrogens is 296 g/mol. The summed E-state index contributed by atoms with van der Waals surface area (Å²) < 4.78 is 1.24. The number of hydrogen-bond donors (Lipinski definition) is 0. The first-order valence-corrected chi connectivity index (χ1v) is 8.50. The molecule has 0 bridgehead atoms. The Labute approximate surface area is 134 Å². The molecule has 1 aromatic carbocycles. The molecule has 4 nitrogen and oxygen atoms in total. The number of fused-ring (bicyclic) bond motifs is 1. The monoisotopic (exact) mass is 316 g/mol. The molecule has 0 radical (unpaired) electrons. The van der Waals surface area contributed by atoms with E-state index in [0.717, 1.165) is 12.8 Å². The molecule has 1 aliphatic heterocycles. The molecule has 2 aromatic rings. The van der Waals surface area contributed by atoms with Gasteiger partial charge in [-0.05, 0) is 35.2 Å². The standard InChI is InChI=1S/C17H20N2O2S/c1-18(17(21)11-19-9-5-4-8-16(19)20)10-13-12-22-15-7-3-2-6-14(13)15/h2-3,6-7,12H,4-5,8-11H2,1H3. The van der Waals surface area contributed by atoms with Crippen molar-refractivity contribution in [3.05, 3.63) is 35.2 Å². The fourth-order valence-corrected chi connectivity index (χ4v) is 3.77. The Bertz CT molecular complexity index is 695. The molecule has 0 atom stereocenters. The molecule has 1 aromatic heterocycles. The van der Waals surface area contributed by atoms with Gasteiger partial charge in [0.25, 0.3) is 0 Å². The molecular formula is C17H20N2O2S. The lowest BCUT2D eigenvalue weighted by Gasteiger charge is -2.28. The average molecular weight is 316 g/mol. The van der Waals surface area contributed by atoms with Crippen LogP contribution in [0.4, 0.5) is 0 Å². The van der Waals surface area contributed by atoms with E-state index in [1.807, 2.05) is 19.2 Å². The van der Waals surface area contributed by atoms with Crippen LogP contribution in [0.1, 0.15) is 24.8 Å². The second-order valence-electron chi connectivity index (χ2n) is 5.78. The number of amides is 2. The lowest BCUT2D eigenvalue weighted by atomic mass is 10.1. The van der Waals surface area contributed by atoms with Gasteiger partial charge >= 0.3 is 0 Å². The third kappa shape index (κ3) is 3.14. The zero-order valence-corrected chi connectivity index (χ0v) is 13.6. The van der Waals surface area contributed by atoms with Crippen molar-refractivity contribution in [3.63, 3.8) is 0 Å². The van der Waals surface area contributed by atoms with Crippen LogP contribution in [0.25, 0.3) is 10.1 Å². The molecule has 5 heteroatoms. The maximum absolute atomic E-state index is 12.4. The molecule has 1 saturated heterocycles. The van der Waals surface area contributed by atoms with Gasteiger partial charge < -0.3 is 9.80 Å². The van der Waals surface area contributed by atoms with Gasteiger partial charge in [0.2, 0.25) is 11.8 Å². The second-order valence-corrected chi connectivity index (χ2v) is 6.69. The summed E-state index contributed by atoms with van der Waals surface area (Å²) >= 11 is 1.70. The van der Waals surface area contributed by atoms with Crippen molar-refractivity contribution in [3.8, 4) is 0 Å². The van der Waals surface area contributed by atoms with Crippen molar-refractivity contribution in [2.45, 2.75) is 25.8 Å². The minimum Gasteiger partial charge on any atom is -0.340 e. The Morgan fingerprint density at radius 3 is 2.95 bits per heavy atom. The Morgan fingerprint density at radius 1 is 1.32 bits per heavy atom. The first kappa shape index (κ1) is 15.0. The van der Waals surface area contributed by atoms with Gasteiger partial charge in [-0.25, -0.2) is 0 Å². The van der Waals surface area contributed by atoms with Crippen LogP contribution in [0.3, 0.4) is 0 Å². The highest BCUT2D eigenvalue weighted by Crippen LogP contribution is 2.26. The summed E-state index contributed by atoms with van der Waals surface area (Å²) in [5.41, 5.74) is 1.17. The van der Waals surface area contributed by atoms with Crippen LogP contribution in [0.15, 0.2) is 29.6 Å². The fourth-order valence-electron chi connectivity index (χ4n) is 2.81. The number of likely N-dealkylation sites (N-methyl/N-ethyl adjacent to an activating group) is 1. The number of piperidine rings is 1. The maximum Gasteiger partial charge on any atom is 0.242 e. The smallest absolute Gasteiger partial charge is 0.242 e. The van der Waals surface area contributed by atoms with Crippen LogP contribution in [0.5, 0.6) is 0 Å². The number of nitrogens with zero attached hydrogens (tertiary/aromatic N) is 2. The van der Waals surface area contributed by atoms with Gasteiger partial charge in [0.05, 0.1) is 6.54 Å². The molecule has 1 fully saturated rings. The van der Waals surface area contributed by atoms with Gasteiger partial charge in [-0.1, -0.05) is 18.2 Å². The number of rotatable bonds is 4. The topological polar surface area (TPSA) is 40.6 Å².